The number of carbonyl (C=O) groups excluding carboxylic acids is 1. The van der Waals surface area contributed by atoms with Gasteiger partial charge in [0.2, 0.25) is 0 Å². The second-order valence-electron chi connectivity index (χ2n) is 4.81. The van der Waals surface area contributed by atoms with Crippen LogP contribution in [-0.4, -0.2) is 20.1 Å². The number of rotatable bonds is 5. The van der Waals surface area contributed by atoms with Gasteiger partial charge in [0.25, 0.3) is 5.91 Å². The number of ether oxygens (including phenoxy) is 2. The number of carbonyl (C=O) groups is 1. The normalized spacial score (nSPS) is 11.6. The van der Waals surface area contributed by atoms with E-state index < -0.39 is 0 Å². The zero-order chi connectivity index (χ0) is 16.1. The molecule has 1 atom stereocenters. The molecule has 0 saturated carbocycles. The molecule has 2 rings (SSSR count). The quantitative estimate of drug-likeness (QED) is 0.874. The molecule has 0 bridgehead atoms. The molecule has 0 aromatic heterocycles. The first-order chi connectivity index (χ1) is 10.5. The Bertz CT molecular complexity index is 655. The molecule has 0 fully saturated rings. The Morgan fingerprint density at radius 2 is 1.77 bits per heavy atom. The van der Waals surface area contributed by atoms with E-state index in [1.54, 1.807) is 26.4 Å². The first kappa shape index (κ1) is 16.4. The van der Waals surface area contributed by atoms with E-state index in [4.69, 9.17) is 9.47 Å². The molecule has 0 saturated heterocycles. The first-order valence-electron chi connectivity index (χ1n) is 6.83. The third-order valence-electron chi connectivity index (χ3n) is 3.36. The Labute approximate surface area is 138 Å². The highest BCUT2D eigenvalue weighted by Gasteiger charge is 2.16. The molecule has 116 valence electrons. The summed E-state index contributed by atoms with van der Waals surface area (Å²) in [6, 6.07) is 12.5. The number of amides is 1. The topological polar surface area (TPSA) is 47.6 Å². The van der Waals surface area contributed by atoms with Gasteiger partial charge in [-0.2, -0.15) is 0 Å². The minimum atomic E-state index is -0.207. The van der Waals surface area contributed by atoms with Crippen molar-refractivity contribution in [3.05, 3.63) is 58.1 Å². The summed E-state index contributed by atoms with van der Waals surface area (Å²) >= 11 is 3.35. The van der Waals surface area contributed by atoms with E-state index >= 15 is 0 Å². The average Bonchev–Trinajstić information content (AvgIpc) is 2.54. The van der Waals surface area contributed by atoms with Gasteiger partial charge in [-0.25, -0.2) is 0 Å². The number of hydrogen-bond acceptors (Lipinski definition) is 3. The van der Waals surface area contributed by atoms with Crippen LogP contribution in [0.5, 0.6) is 11.5 Å². The molecule has 0 spiro atoms. The van der Waals surface area contributed by atoms with Gasteiger partial charge < -0.3 is 14.8 Å². The zero-order valence-electron chi connectivity index (χ0n) is 12.7. The lowest BCUT2D eigenvalue weighted by atomic mass is 10.1. The maximum absolute atomic E-state index is 12.3. The SMILES string of the molecule is COc1ccc(OC)c([C@@H](C)NC(=O)c2ccc(Br)cc2)c1. The van der Waals surface area contributed by atoms with E-state index in [1.807, 2.05) is 37.3 Å². The van der Waals surface area contributed by atoms with Crippen molar-refractivity contribution in [3.8, 4) is 11.5 Å². The molecule has 0 heterocycles. The Morgan fingerprint density at radius 3 is 2.36 bits per heavy atom. The van der Waals surface area contributed by atoms with Gasteiger partial charge in [-0.15, -0.1) is 0 Å². The molecule has 0 aliphatic heterocycles. The summed E-state index contributed by atoms with van der Waals surface area (Å²) in [6.45, 7) is 1.91. The third-order valence-corrected chi connectivity index (χ3v) is 3.89. The van der Waals surface area contributed by atoms with Crippen LogP contribution in [0.1, 0.15) is 28.9 Å². The minimum absolute atomic E-state index is 0.134. The van der Waals surface area contributed by atoms with Crippen LogP contribution in [0.4, 0.5) is 0 Å². The standard InChI is InChI=1S/C17H18BrNO3/c1-11(15-10-14(21-2)8-9-16(15)22-3)19-17(20)12-4-6-13(18)7-5-12/h4-11H,1-3H3,(H,19,20)/t11-/m1/s1. The van der Waals surface area contributed by atoms with Crippen LogP contribution < -0.4 is 14.8 Å². The summed E-state index contributed by atoms with van der Waals surface area (Å²) in [6.07, 6.45) is 0. The molecule has 2 aromatic carbocycles. The van der Waals surface area contributed by atoms with Gasteiger partial charge >= 0.3 is 0 Å². The summed E-state index contributed by atoms with van der Waals surface area (Å²) in [4.78, 5) is 12.3. The molecule has 1 amide bonds. The van der Waals surface area contributed by atoms with Crippen molar-refractivity contribution >= 4 is 21.8 Å². The zero-order valence-corrected chi connectivity index (χ0v) is 14.3. The summed E-state index contributed by atoms with van der Waals surface area (Å²) in [5.74, 6) is 1.30. The van der Waals surface area contributed by atoms with Gasteiger partial charge in [0.15, 0.2) is 0 Å². The maximum atomic E-state index is 12.3. The van der Waals surface area contributed by atoms with Crippen molar-refractivity contribution in [1.82, 2.24) is 5.32 Å². The number of halogens is 1. The van der Waals surface area contributed by atoms with Crippen LogP contribution in [0.15, 0.2) is 46.9 Å². The summed E-state index contributed by atoms with van der Waals surface area (Å²) < 4.78 is 11.5. The summed E-state index contributed by atoms with van der Waals surface area (Å²) in [7, 11) is 3.21. The molecular weight excluding hydrogens is 346 g/mol. The van der Waals surface area contributed by atoms with Crippen molar-refractivity contribution in [1.29, 1.82) is 0 Å². The molecule has 1 N–H and O–H groups in total. The van der Waals surface area contributed by atoms with Gasteiger partial charge in [-0.1, -0.05) is 15.9 Å². The predicted octanol–water partition coefficient (Wildman–Crippen LogP) is 3.96. The highest BCUT2D eigenvalue weighted by atomic mass is 79.9. The molecule has 22 heavy (non-hydrogen) atoms. The van der Waals surface area contributed by atoms with Crippen LogP contribution >= 0.6 is 15.9 Å². The molecule has 0 aliphatic carbocycles. The Kier molecular flexibility index (Phi) is 5.44. The van der Waals surface area contributed by atoms with E-state index in [9.17, 15) is 4.79 Å². The molecule has 0 unspecified atom stereocenters. The van der Waals surface area contributed by atoms with E-state index in [-0.39, 0.29) is 11.9 Å². The van der Waals surface area contributed by atoms with E-state index in [2.05, 4.69) is 21.2 Å². The highest BCUT2D eigenvalue weighted by Crippen LogP contribution is 2.29. The molecule has 2 aromatic rings. The predicted molar refractivity (Wildman–Crippen MR) is 89.6 cm³/mol. The van der Waals surface area contributed by atoms with E-state index in [1.165, 1.54) is 0 Å². The Balaban J connectivity index is 2.19. The number of hydrogen-bond donors (Lipinski definition) is 1. The smallest absolute Gasteiger partial charge is 0.251 e. The van der Waals surface area contributed by atoms with Crippen LogP contribution in [0, 0.1) is 0 Å². The fourth-order valence-electron chi connectivity index (χ4n) is 2.14. The van der Waals surface area contributed by atoms with E-state index in [0.717, 1.165) is 15.8 Å². The fraction of sp³-hybridized carbons (Fsp3) is 0.235. The highest BCUT2D eigenvalue weighted by molar-refractivity contribution is 9.10. The molecule has 0 radical (unpaired) electrons. The average molecular weight is 364 g/mol. The van der Waals surface area contributed by atoms with Gasteiger partial charge in [-0.3, -0.25) is 4.79 Å². The van der Waals surface area contributed by atoms with Crippen molar-refractivity contribution in [2.24, 2.45) is 0 Å². The second kappa shape index (κ2) is 7.31. The van der Waals surface area contributed by atoms with Gasteiger partial charge in [0.05, 0.1) is 20.3 Å². The van der Waals surface area contributed by atoms with Crippen LogP contribution in [0.2, 0.25) is 0 Å². The fourth-order valence-corrected chi connectivity index (χ4v) is 2.40. The number of benzene rings is 2. The van der Waals surface area contributed by atoms with Crippen molar-refractivity contribution in [2.45, 2.75) is 13.0 Å². The molecule has 4 nitrogen and oxygen atoms in total. The van der Waals surface area contributed by atoms with Gasteiger partial charge in [-0.05, 0) is 49.4 Å². The molecule has 5 heteroatoms. The summed E-state index contributed by atoms with van der Waals surface area (Å²) in [5.41, 5.74) is 1.48. The van der Waals surface area contributed by atoms with Gasteiger partial charge in [0, 0.05) is 15.6 Å². The van der Waals surface area contributed by atoms with Crippen molar-refractivity contribution in [3.63, 3.8) is 0 Å². The van der Waals surface area contributed by atoms with Crippen molar-refractivity contribution in [2.75, 3.05) is 14.2 Å². The lowest BCUT2D eigenvalue weighted by Gasteiger charge is -2.18. The minimum Gasteiger partial charge on any atom is -0.497 e. The van der Waals surface area contributed by atoms with Crippen molar-refractivity contribution < 1.29 is 14.3 Å². The Hall–Kier alpha value is -2.01. The lowest BCUT2D eigenvalue weighted by molar-refractivity contribution is 0.0939. The van der Waals surface area contributed by atoms with Crippen LogP contribution in [0.25, 0.3) is 0 Å². The largest absolute Gasteiger partial charge is 0.497 e. The lowest BCUT2D eigenvalue weighted by Crippen LogP contribution is -2.26. The van der Waals surface area contributed by atoms with Crippen LogP contribution in [-0.2, 0) is 0 Å². The Morgan fingerprint density at radius 1 is 1.09 bits per heavy atom. The second-order valence-corrected chi connectivity index (χ2v) is 5.73. The maximum Gasteiger partial charge on any atom is 0.251 e. The molecular formula is C17H18BrNO3. The monoisotopic (exact) mass is 363 g/mol. The summed E-state index contributed by atoms with van der Waals surface area (Å²) in [5, 5.41) is 2.97. The molecule has 0 aliphatic rings. The third kappa shape index (κ3) is 3.80. The number of nitrogens with one attached hydrogen (secondary N) is 1. The number of methoxy groups -OCH3 is 2. The van der Waals surface area contributed by atoms with Crippen LogP contribution in [0.3, 0.4) is 0 Å². The first-order valence-corrected chi connectivity index (χ1v) is 7.62. The van der Waals surface area contributed by atoms with E-state index in [0.29, 0.717) is 11.3 Å². The van der Waals surface area contributed by atoms with Gasteiger partial charge in [0.1, 0.15) is 11.5 Å².